The highest BCUT2D eigenvalue weighted by Crippen LogP contribution is 2.26. The third-order valence-corrected chi connectivity index (χ3v) is 6.97. The third-order valence-electron chi connectivity index (χ3n) is 6.44. The fraction of sp³-hybridized carbons (Fsp3) is 0.241. The molecule has 196 valence electrons. The van der Waals surface area contributed by atoms with E-state index in [0.717, 1.165) is 48.1 Å². The second kappa shape index (κ2) is 13.3. The van der Waals surface area contributed by atoms with Crippen LogP contribution in [0.1, 0.15) is 29.5 Å². The molecule has 1 fully saturated rings. The number of aromatic nitrogens is 3. The van der Waals surface area contributed by atoms with E-state index in [9.17, 15) is 0 Å². The van der Waals surface area contributed by atoms with Gasteiger partial charge in [0.1, 0.15) is 0 Å². The largest absolute Gasteiger partial charge is 0.341 e. The van der Waals surface area contributed by atoms with Gasteiger partial charge in [-0.15, -0.1) is 12.4 Å². The van der Waals surface area contributed by atoms with Gasteiger partial charge in [0, 0.05) is 23.2 Å². The van der Waals surface area contributed by atoms with Crippen LogP contribution in [0.15, 0.2) is 88.4 Å². The minimum Gasteiger partial charge on any atom is -0.341 e. The van der Waals surface area contributed by atoms with Gasteiger partial charge in [-0.25, -0.2) is 5.43 Å². The van der Waals surface area contributed by atoms with E-state index in [1.165, 1.54) is 11.1 Å². The highest BCUT2D eigenvalue weighted by Gasteiger charge is 2.22. The summed E-state index contributed by atoms with van der Waals surface area (Å²) in [5.74, 6) is 2.21. The normalized spacial score (nSPS) is 13.8. The van der Waals surface area contributed by atoms with Crippen molar-refractivity contribution in [1.29, 1.82) is 0 Å². The monoisotopic (exact) mass is 591 g/mol. The van der Waals surface area contributed by atoms with Crippen molar-refractivity contribution in [2.45, 2.75) is 26.2 Å². The van der Waals surface area contributed by atoms with Gasteiger partial charge in [-0.05, 0) is 67.5 Å². The maximum absolute atomic E-state index is 4.76. The second-order valence-corrected chi connectivity index (χ2v) is 10.2. The molecule has 0 saturated carbocycles. The number of hydrogen-bond acceptors (Lipinski definition) is 7. The van der Waals surface area contributed by atoms with E-state index in [1.807, 2.05) is 36.4 Å². The predicted octanol–water partition coefficient (Wildman–Crippen LogP) is 7.01. The Bertz CT molecular complexity index is 1320. The molecule has 4 aromatic rings. The first-order valence-corrected chi connectivity index (χ1v) is 13.3. The summed E-state index contributed by atoms with van der Waals surface area (Å²) in [6.07, 6.45) is 5.07. The van der Waals surface area contributed by atoms with E-state index in [-0.39, 0.29) is 12.4 Å². The Morgan fingerprint density at radius 3 is 2.29 bits per heavy atom. The maximum atomic E-state index is 4.76. The summed E-state index contributed by atoms with van der Waals surface area (Å²) in [5.41, 5.74) is 7.50. The Hall–Kier alpha value is -3.49. The summed E-state index contributed by atoms with van der Waals surface area (Å²) in [6.45, 7) is 3.89. The first-order valence-electron chi connectivity index (χ1n) is 12.5. The van der Waals surface area contributed by atoms with E-state index in [1.54, 1.807) is 6.21 Å². The zero-order chi connectivity index (χ0) is 25.5. The quantitative estimate of drug-likeness (QED) is 0.169. The molecule has 0 bridgehead atoms. The lowest BCUT2D eigenvalue weighted by Crippen LogP contribution is -2.35. The molecule has 1 aliphatic rings. The molecule has 9 heteroatoms. The number of piperidine rings is 1. The molecule has 1 aromatic heterocycles. The zero-order valence-corrected chi connectivity index (χ0v) is 23.6. The van der Waals surface area contributed by atoms with Gasteiger partial charge in [-0.3, -0.25) is 0 Å². The highest BCUT2D eigenvalue weighted by atomic mass is 79.9. The third kappa shape index (κ3) is 7.76. The molecular formula is C29H31BrClN7. The van der Waals surface area contributed by atoms with Gasteiger partial charge in [-0.1, -0.05) is 76.1 Å². The summed E-state index contributed by atoms with van der Waals surface area (Å²) in [5, 5.41) is 7.68. The van der Waals surface area contributed by atoms with Crippen LogP contribution in [0.5, 0.6) is 0 Å². The summed E-state index contributed by atoms with van der Waals surface area (Å²) >= 11 is 3.46. The Morgan fingerprint density at radius 1 is 0.895 bits per heavy atom. The number of hydrazone groups is 1. The van der Waals surface area contributed by atoms with E-state index >= 15 is 0 Å². The molecule has 38 heavy (non-hydrogen) atoms. The average Bonchev–Trinajstić information content (AvgIpc) is 2.92. The SMILES string of the molecule is Cc1ccc(Nc2nc(NN=Cc3ccc(Br)cc3)nc(N3CCC(Cc4ccccc4)CC3)n2)cc1.Cl. The van der Waals surface area contributed by atoms with Crippen LogP contribution in [-0.4, -0.2) is 34.3 Å². The Morgan fingerprint density at radius 2 is 1.58 bits per heavy atom. The minimum absolute atomic E-state index is 0. The van der Waals surface area contributed by atoms with Crippen molar-refractivity contribution in [3.63, 3.8) is 0 Å². The number of nitrogens with zero attached hydrogens (tertiary/aromatic N) is 5. The Labute approximate surface area is 238 Å². The topological polar surface area (TPSA) is 78.3 Å². The summed E-state index contributed by atoms with van der Waals surface area (Å²) in [7, 11) is 0. The fourth-order valence-corrected chi connectivity index (χ4v) is 4.64. The number of benzene rings is 3. The minimum atomic E-state index is 0. The Kier molecular flexibility index (Phi) is 9.67. The van der Waals surface area contributed by atoms with Crippen molar-refractivity contribution < 1.29 is 0 Å². The number of hydrogen-bond donors (Lipinski definition) is 2. The highest BCUT2D eigenvalue weighted by molar-refractivity contribution is 9.10. The molecule has 0 atom stereocenters. The van der Waals surface area contributed by atoms with Crippen LogP contribution in [0.2, 0.25) is 0 Å². The van der Waals surface area contributed by atoms with Gasteiger partial charge in [0.25, 0.3) is 0 Å². The van der Waals surface area contributed by atoms with Gasteiger partial charge in [0.05, 0.1) is 6.21 Å². The number of nitrogens with one attached hydrogen (secondary N) is 2. The molecule has 1 saturated heterocycles. The number of halogens is 2. The fourth-order valence-electron chi connectivity index (χ4n) is 4.38. The number of rotatable bonds is 8. The van der Waals surface area contributed by atoms with Crippen LogP contribution in [0.25, 0.3) is 0 Å². The smallest absolute Gasteiger partial charge is 0.250 e. The molecule has 5 rings (SSSR count). The lowest BCUT2D eigenvalue weighted by Gasteiger charge is -2.32. The summed E-state index contributed by atoms with van der Waals surface area (Å²) < 4.78 is 1.03. The molecule has 7 nitrogen and oxygen atoms in total. The molecule has 2 heterocycles. The molecule has 0 amide bonds. The van der Waals surface area contributed by atoms with Gasteiger partial charge in [0.2, 0.25) is 17.8 Å². The number of anilines is 4. The predicted molar refractivity (Wildman–Crippen MR) is 162 cm³/mol. The average molecular weight is 593 g/mol. The molecule has 0 unspecified atom stereocenters. The van der Waals surface area contributed by atoms with Crippen molar-refractivity contribution in [2.75, 3.05) is 28.7 Å². The maximum Gasteiger partial charge on any atom is 0.250 e. The van der Waals surface area contributed by atoms with Gasteiger partial charge in [0.15, 0.2) is 0 Å². The molecule has 0 aliphatic carbocycles. The van der Waals surface area contributed by atoms with E-state index in [0.29, 0.717) is 23.8 Å². The summed E-state index contributed by atoms with van der Waals surface area (Å²) in [6, 6.07) is 26.8. The second-order valence-electron chi connectivity index (χ2n) is 9.32. The van der Waals surface area contributed by atoms with Crippen molar-refractivity contribution in [3.05, 3.63) is 100 Å². The molecule has 0 radical (unpaired) electrons. The summed E-state index contributed by atoms with van der Waals surface area (Å²) in [4.78, 5) is 16.3. The van der Waals surface area contributed by atoms with E-state index in [4.69, 9.17) is 9.97 Å². The van der Waals surface area contributed by atoms with Crippen LogP contribution >= 0.6 is 28.3 Å². The van der Waals surface area contributed by atoms with Crippen LogP contribution in [-0.2, 0) is 6.42 Å². The van der Waals surface area contributed by atoms with E-state index < -0.39 is 0 Å². The lowest BCUT2D eigenvalue weighted by atomic mass is 9.90. The Balaban J connectivity index is 0.00000336. The van der Waals surface area contributed by atoms with Crippen LogP contribution in [0.3, 0.4) is 0 Å². The van der Waals surface area contributed by atoms with Crippen LogP contribution in [0.4, 0.5) is 23.5 Å². The van der Waals surface area contributed by atoms with Gasteiger partial charge >= 0.3 is 0 Å². The first kappa shape index (κ1) is 27.5. The zero-order valence-electron chi connectivity index (χ0n) is 21.2. The van der Waals surface area contributed by atoms with Crippen molar-refractivity contribution in [3.8, 4) is 0 Å². The van der Waals surface area contributed by atoms with Crippen LogP contribution < -0.4 is 15.6 Å². The van der Waals surface area contributed by atoms with Crippen molar-refractivity contribution in [2.24, 2.45) is 11.0 Å². The first-order chi connectivity index (χ1) is 18.1. The molecule has 1 aliphatic heterocycles. The lowest BCUT2D eigenvalue weighted by molar-refractivity contribution is 0.400. The van der Waals surface area contributed by atoms with Gasteiger partial charge < -0.3 is 10.2 Å². The standard InChI is InChI=1S/C29H30BrN7.ClH/c1-21-7-13-26(14-8-21)32-27-33-28(36-31-20-24-9-11-25(30)12-10-24)35-29(34-27)37-17-15-23(16-18-37)19-22-5-3-2-4-6-22;/h2-14,20,23H,15-19H2,1H3,(H2,32,33,34,35,36);1H. The number of aryl methyl sites for hydroxylation is 1. The van der Waals surface area contributed by atoms with Crippen molar-refractivity contribution in [1.82, 2.24) is 15.0 Å². The molecule has 0 spiro atoms. The molecule has 3 aromatic carbocycles. The van der Waals surface area contributed by atoms with Crippen LogP contribution in [0, 0.1) is 12.8 Å². The molecule has 2 N–H and O–H groups in total. The van der Waals surface area contributed by atoms with Crippen molar-refractivity contribution >= 4 is 58.1 Å². The molecular weight excluding hydrogens is 562 g/mol. The van der Waals surface area contributed by atoms with E-state index in [2.05, 4.69) is 91.0 Å². The van der Waals surface area contributed by atoms with Gasteiger partial charge in [-0.2, -0.15) is 20.1 Å².